The van der Waals surface area contributed by atoms with Gasteiger partial charge in [-0.1, -0.05) is 0 Å². The monoisotopic (exact) mass is 196 g/mol. The van der Waals surface area contributed by atoms with Crippen molar-refractivity contribution in [3.63, 3.8) is 0 Å². The highest BCUT2D eigenvalue weighted by atomic mass is 16.6. The van der Waals surface area contributed by atoms with E-state index < -0.39 is 10.9 Å². The van der Waals surface area contributed by atoms with Crippen LogP contribution >= 0.6 is 0 Å². The van der Waals surface area contributed by atoms with Crippen LogP contribution in [-0.2, 0) is 0 Å². The zero-order valence-electron chi connectivity index (χ0n) is 7.35. The third-order valence-electron chi connectivity index (χ3n) is 1.92. The average molecular weight is 196 g/mol. The number of carboxylic acids is 1. The van der Waals surface area contributed by atoms with E-state index in [9.17, 15) is 14.9 Å². The molecule has 0 amide bonds. The molecule has 3 N–H and O–H groups in total. The number of carbonyl (C=O) groups is 1. The lowest BCUT2D eigenvalue weighted by Gasteiger charge is -2.04. The second-order valence-corrected chi connectivity index (χ2v) is 2.73. The number of aromatic carboxylic acids is 1. The van der Waals surface area contributed by atoms with Gasteiger partial charge < -0.3 is 10.8 Å². The first kappa shape index (κ1) is 9.97. The number of anilines is 1. The standard InChI is InChI=1S/C8H8N2O4/c1-4-5(8(11)12)2-3-6(7(4)9)10(13)14/h2-3H,9H2,1H3,(H,11,12). The molecule has 0 saturated heterocycles. The van der Waals surface area contributed by atoms with Crippen LogP contribution in [0.1, 0.15) is 15.9 Å². The number of carboxylic acid groups (broad SMARTS) is 1. The first-order valence-corrected chi connectivity index (χ1v) is 3.72. The Balaban J connectivity index is 3.41. The molecule has 0 fully saturated rings. The van der Waals surface area contributed by atoms with Crippen molar-refractivity contribution >= 4 is 17.3 Å². The van der Waals surface area contributed by atoms with Crippen LogP contribution in [0.3, 0.4) is 0 Å². The van der Waals surface area contributed by atoms with Crippen molar-refractivity contribution in [3.05, 3.63) is 33.4 Å². The minimum absolute atomic E-state index is 0.0203. The van der Waals surface area contributed by atoms with Gasteiger partial charge in [-0.2, -0.15) is 0 Å². The number of nitro benzene ring substituents is 1. The largest absolute Gasteiger partial charge is 0.478 e. The van der Waals surface area contributed by atoms with Gasteiger partial charge in [-0.05, 0) is 18.6 Å². The van der Waals surface area contributed by atoms with E-state index in [1.54, 1.807) is 0 Å². The quantitative estimate of drug-likeness (QED) is 0.419. The van der Waals surface area contributed by atoms with Gasteiger partial charge in [0.05, 0.1) is 10.5 Å². The van der Waals surface area contributed by atoms with E-state index in [1.807, 2.05) is 0 Å². The number of benzene rings is 1. The molecule has 0 heterocycles. The zero-order valence-corrected chi connectivity index (χ0v) is 7.35. The van der Waals surface area contributed by atoms with Gasteiger partial charge in [0.15, 0.2) is 0 Å². The lowest BCUT2D eigenvalue weighted by Crippen LogP contribution is -2.05. The van der Waals surface area contributed by atoms with Gasteiger partial charge in [0.25, 0.3) is 5.69 Å². The Kier molecular flexibility index (Phi) is 2.37. The molecule has 14 heavy (non-hydrogen) atoms. The van der Waals surface area contributed by atoms with Crippen molar-refractivity contribution in [2.45, 2.75) is 6.92 Å². The van der Waals surface area contributed by atoms with Gasteiger partial charge >= 0.3 is 5.97 Å². The molecule has 1 aromatic carbocycles. The molecule has 0 atom stereocenters. The van der Waals surface area contributed by atoms with Crippen molar-refractivity contribution < 1.29 is 14.8 Å². The fraction of sp³-hybridized carbons (Fsp3) is 0.125. The molecule has 0 aliphatic carbocycles. The SMILES string of the molecule is Cc1c(C(=O)O)ccc([N+](=O)[O-])c1N. The maximum absolute atomic E-state index is 10.6. The maximum atomic E-state index is 10.6. The second-order valence-electron chi connectivity index (χ2n) is 2.73. The summed E-state index contributed by atoms with van der Waals surface area (Å²) in [5.41, 5.74) is 5.24. The van der Waals surface area contributed by atoms with Gasteiger partial charge in [0.2, 0.25) is 0 Å². The lowest BCUT2D eigenvalue weighted by molar-refractivity contribution is -0.383. The summed E-state index contributed by atoms with van der Waals surface area (Å²) in [6.07, 6.45) is 0. The molecule has 0 spiro atoms. The van der Waals surface area contributed by atoms with Crippen molar-refractivity contribution in [1.29, 1.82) is 0 Å². The number of hydrogen-bond acceptors (Lipinski definition) is 4. The summed E-state index contributed by atoms with van der Waals surface area (Å²) in [5.74, 6) is -1.15. The molecule has 6 nitrogen and oxygen atoms in total. The molecular formula is C8H8N2O4. The zero-order chi connectivity index (χ0) is 10.9. The molecular weight excluding hydrogens is 188 g/mol. The van der Waals surface area contributed by atoms with Crippen molar-refractivity contribution in [3.8, 4) is 0 Å². The third kappa shape index (κ3) is 1.49. The minimum atomic E-state index is -1.15. The van der Waals surface area contributed by atoms with E-state index in [-0.39, 0.29) is 22.5 Å². The fourth-order valence-electron chi connectivity index (χ4n) is 1.11. The molecule has 0 aromatic heterocycles. The Labute approximate surface area is 79.1 Å². The normalized spacial score (nSPS) is 9.79. The van der Waals surface area contributed by atoms with Gasteiger partial charge in [-0.25, -0.2) is 4.79 Å². The van der Waals surface area contributed by atoms with Crippen LogP contribution in [0.25, 0.3) is 0 Å². The molecule has 0 aliphatic heterocycles. The van der Waals surface area contributed by atoms with Crippen molar-refractivity contribution in [2.75, 3.05) is 5.73 Å². The van der Waals surface area contributed by atoms with E-state index in [1.165, 1.54) is 13.0 Å². The Morgan fingerprint density at radius 1 is 1.57 bits per heavy atom. The highest BCUT2D eigenvalue weighted by Crippen LogP contribution is 2.27. The van der Waals surface area contributed by atoms with E-state index in [2.05, 4.69) is 0 Å². The summed E-state index contributed by atoms with van der Waals surface area (Å²) in [6, 6.07) is 2.26. The molecule has 0 bridgehead atoms. The summed E-state index contributed by atoms with van der Waals surface area (Å²) < 4.78 is 0. The van der Waals surface area contributed by atoms with Gasteiger partial charge in [0.1, 0.15) is 5.69 Å². The number of nitro groups is 1. The van der Waals surface area contributed by atoms with E-state index in [0.717, 1.165) is 6.07 Å². The summed E-state index contributed by atoms with van der Waals surface area (Å²) in [5, 5.41) is 19.1. The van der Waals surface area contributed by atoms with Gasteiger partial charge in [-0.3, -0.25) is 10.1 Å². The minimum Gasteiger partial charge on any atom is -0.478 e. The Hall–Kier alpha value is -2.11. The number of nitrogens with two attached hydrogens (primary N) is 1. The van der Waals surface area contributed by atoms with Gasteiger partial charge in [0, 0.05) is 6.07 Å². The first-order chi connectivity index (χ1) is 6.45. The molecule has 0 radical (unpaired) electrons. The molecule has 1 rings (SSSR count). The topological polar surface area (TPSA) is 106 Å². The van der Waals surface area contributed by atoms with E-state index in [0.29, 0.717) is 0 Å². The summed E-state index contributed by atoms with van der Waals surface area (Å²) in [4.78, 5) is 20.4. The third-order valence-corrected chi connectivity index (χ3v) is 1.92. The van der Waals surface area contributed by atoms with Gasteiger partial charge in [-0.15, -0.1) is 0 Å². The molecule has 6 heteroatoms. The first-order valence-electron chi connectivity index (χ1n) is 3.72. The van der Waals surface area contributed by atoms with Crippen LogP contribution in [0, 0.1) is 17.0 Å². The molecule has 1 aromatic rings. The highest BCUT2D eigenvalue weighted by Gasteiger charge is 2.18. The van der Waals surface area contributed by atoms with E-state index >= 15 is 0 Å². The maximum Gasteiger partial charge on any atom is 0.336 e. The van der Waals surface area contributed by atoms with Crippen LogP contribution in [0.2, 0.25) is 0 Å². The number of hydrogen-bond donors (Lipinski definition) is 2. The smallest absolute Gasteiger partial charge is 0.336 e. The molecule has 0 saturated carbocycles. The van der Waals surface area contributed by atoms with Crippen LogP contribution in [0.4, 0.5) is 11.4 Å². The Bertz CT molecular complexity index is 375. The van der Waals surface area contributed by atoms with E-state index in [4.69, 9.17) is 10.8 Å². The van der Waals surface area contributed by atoms with Crippen LogP contribution in [0.5, 0.6) is 0 Å². The van der Waals surface area contributed by atoms with Crippen LogP contribution in [0.15, 0.2) is 12.1 Å². The Morgan fingerprint density at radius 2 is 2.14 bits per heavy atom. The number of nitrogens with zero attached hydrogens (tertiary/aromatic N) is 1. The predicted octanol–water partition coefficient (Wildman–Crippen LogP) is 1.18. The summed E-state index contributed by atoms with van der Waals surface area (Å²) in [7, 11) is 0. The van der Waals surface area contributed by atoms with Crippen molar-refractivity contribution in [2.24, 2.45) is 0 Å². The highest BCUT2D eigenvalue weighted by molar-refractivity contribution is 5.92. The summed E-state index contributed by atoms with van der Waals surface area (Å²) in [6.45, 7) is 1.44. The van der Waals surface area contributed by atoms with Crippen LogP contribution < -0.4 is 5.73 Å². The lowest BCUT2D eigenvalue weighted by atomic mass is 10.1. The molecule has 0 unspecified atom stereocenters. The summed E-state index contributed by atoms with van der Waals surface area (Å²) >= 11 is 0. The Morgan fingerprint density at radius 3 is 2.57 bits per heavy atom. The molecule has 74 valence electrons. The predicted molar refractivity (Wildman–Crippen MR) is 49.2 cm³/mol. The molecule has 0 aliphatic rings. The van der Waals surface area contributed by atoms with Crippen LogP contribution in [-0.4, -0.2) is 16.0 Å². The fourth-order valence-corrected chi connectivity index (χ4v) is 1.11. The number of nitrogen functional groups attached to an aromatic ring is 1. The second kappa shape index (κ2) is 3.33. The number of rotatable bonds is 2. The average Bonchev–Trinajstić information content (AvgIpc) is 2.08. The van der Waals surface area contributed by atoms with Crippen molar-refractivity contribution in [1.82, 2.24) is 0 Å².